The van der Waals surface area contributed by atoms with E-state index in [1.54, 1.807) is 0 Å². The highest BCUT2D eigenvalue weighted by Gasteiger charge is 2.27. The van der Waals surface area contributed by atoms with Crippen molar-refractivity contribution in [1.82, 2.24) is 5.43 Å². The molecule has 2 aliphatic carbocycles. The van der Waals surface area contributed by atoms with Crippen molar-refractivity contribution in [2.45, 2.75) is 96.8 Å². The number of hydrazone groups is 1. The zero-order valence-electron chi connectivity index (χ0n) is 18.4. The number of hydrogen-bond acceptors (Lipinski definition) is 2. The fourth-order valence-electron chi connectivity index (χ4n) is 5.42. The Morgan fingerprint density at radius 2 is 1.48 bits per heavy atom. The van der Waals surface area contributed by atoms with E-state index in [1.807, 2.05) is 30.3 Å². The molecule has 1 aromatic carbocycles. The summed E-state index contributed by atoms with van der Waals surface area (Å²) in [7, 11) is 0. The number of nitrogens with zero attached hydrogens (tertiary/aromatic N) is 1. The molecular weight excluding hydrogens is 356 g/mol. The lowest BCUT2D eigenvalue weighted by molar-refractivity contribution is 0.0954. The lowest BCUT2D eigenvalue weighted by Crippen LogP contribution is -2.23. The molecule has 2 saturated carbocycles. The predicted octanol–water partition coefficient (Wildman–Crippen LogP) is 7.13. The van der Waals surface area contributed by atoms with Gasteiger partial charge in [0.05, 0.1) is 0 Å². The number of amides is 1. The normalized spacial score (nSPS) is 27.0. The molecule has 0 bridgehead atoms. The maximum atomic E-state index is 12.3. The first-order chi connectivity index (χ1) is 14.2. The summed E-state index contributed by atoms with van der Waals surface area (Å²) in [6, 6.07) is 9.38. The van der Waals surface area contributed by atoms with E-state index in [1.165, 1.54) is 82.8 Å². The van der Waals surface area contributed by atoms with Gasteiger partial charge in [-0.05, 0) is 62.0 Å². The van der Waals surface area contributed by atoms with Crippen LogP contribution < -0.4 is 5.43 Å². The van der Waals surface area contributed by atoms with Crippen molar-refractivity contribution in [2.24, 2.45) is 22.9 Å². The number of rotatable bonds is 3. The van der Waals surface area contributed by atoms with E-state index in [0.717, 1.165) is 30.6 Å². The lowest BCUT2D eigenvalue weighted by Gasteiger charge is -2.32. The molecule has 0 saturated heterocycles. The maximum Gasteiger partial charge on any atom is 0.271 e. The van der Waals surface area contributed by atoms with Gasteiger partial charge in [-0.1, -0.05) is 82.9 Å². The van der Waals surface area contributed by atoms with E-state index >= 15 is 0 Å². The van der Waals surface area contributed by atoms with Crippen LogP contribution in [0.1, 0.15) is 107 Å². The van der Waals surface area contributed by atoms with Crippen molar-refractivity contribution in [2.75, 3.05) is 0 Å². The highest BCUT2D eigenvalue weighted by molar-refractivity contribution is 5.95. The molecule has 3 heteroatoms. The first-order valence-corrected chi connectivity index (χ1v) is 12.1. The van der Waals surface area contributed by atoms with Gasteiger partial charge in [0.15, 0.2) is 0 Å². The van der Waals surface area contributed by atoms with Crippen molar-refractivity contribution in [3.05, 3.63) is 35.9 Å². The topological polar surface area (TPSA) is 41.5 Å². The first-order valence-electron chi connectivity index (χ1n) is 12.1. The van der Waals surface area contributed by atoms with Crippen LogP contribution in [0.2, 0.25) is 0 Å². The molecule has 0 heterocycles. The van der Waals surface area contributed by atoms with Gasteiger partial charge in [-0.25, -0.2) is 5.43 Å². The molecule has 0 aliphatic heterocycles. The second kappa shape index (κ2) is 12.1. The summed E-state index contributed by atoms with van der Waals surface area (Å²) in [4.78, 5) is 12.3. The van der Waals surface area contributed by atoms with E-state index in [4.69, 9.17) is 0 Å². The number of carbonyl (C=O) groups is 1. The third-order valence-electron chi connectivity index (χ3n) is 7.23. The molecule has 3 nitrogen and oxygen atoms in total. The molecule has 3 rings (SSSR count). The number of carbonyl (C=O) groups excluding carboxylic acids is 1. The Morgan fingerprint density at radius 1 is 0.828 bits per heavy atom. The van der Waals surface area contributed by atoms with E-state index in [0.29, 0.717) is 5.56 Å². The summed E-state index contributed by atoms with van der Waals surface area (Å²) in [5, 5.41) is 4.53. The van der Waals surface area contributed by atoms with Gasteiger partial charge in [0.2, 0.25) is 0 Å². The van der Waals surface area contributed by atoms with Crippen molar-refractivity contribution in [3.8, 4) is 0 Å². The standard InChI is InChI=1S/C26H40N2O/c1-21-19-20-24(27-28-26(29)23-15-9-6-10-16-23)17-11-12-18-25(21)22-13-7-4-2-3-5-8-14-22/h6,9-10,15-16,21-22,25H,2-5,7-8,11-14,17-20H2,1H3,(H,28,29)/b27-24+/t21?,25-/m0/s1. The number of benzene rings is 1. The van der Waals surface area contributed by atoms with E-state index in [-0.39, 0.29) is 5.91 Å². The van der Waals surface area contributed by atoms with E-state index < -0.39 is 0 Å². The Bertz CT molecular complexity index is 629. The Morgan fingerprint density at radius 3 is 2.21 bits per heavy atom. The van der Waals surface area contributed by atoms with Crippen molar-refractivity contribution >= 4 is 11.6 Å². The third-order valence-corrected chi connectivity index (χ3v) is 7.23. The van der Waals surface area contributed by atoms with E-state index in [9.17, 15) is 4.79 Å². The van der Waals surface area contributed by atoms with Gasteiger partial charge in [0.25, 0.3) is 5.91 Å². The van der Waals surface area contributed by atoms with Gasteiger partial charge < -0.3 is 0 Å². The van der Waals surface area contributed by atoms with Gasteiger partial charge in [-0.15, -0.1) is 0 Å². The predicted molar refractivity (Wildman–Crippen MR) is 122 cm³/mol. The fraction of sp³-hybridized carbons (Fsp3) is 0.692. The summed E-state index contributed by atoms with van der Waals surface area (Å²) in [6.45, 7) is 2.47. The van der Waals surface area contributed by atoms with Crippen molar-refractivity contribution < 1.29 is 4.79 Å². The average Bonchev–Trinajstić information content (AvgIpc) is 2.94. The van der Waals surface area contributed by atoms with Crippen LogP contribution in [0.15, 0.2) is 35.4 Å². The molecule has 2 aliphatic rings. The van der Waals surface area contributed by atoms with Crippen LogP contribution in [-0.4, -0.2) is 11.6 Å². The quantitative estimate of drug-likeness (QED) is 0.542. The van der Waals surface area contributed by atoms with Gasteiger partial charge in [0, 0.05) is 11.3 Å². The minimum atomic E-state index is -0.102. The Kier molecular flexibility index (Phi) is 9.24. The lowest BCUT2D eigenvalue weighted by atomic mass is 9.74. The summed E-state index contributed by atoms with van der Waals surface area (Å²) < 4.78 is 0. The van der Waals surface area contributed by atoms with Crippen LogP contribution in [0, 0.1) is 17.8 Å². The number of hydrogen-bond donors (Lipinski definition) is 1. The molecule has 160 valence electrons. The highest BCUT2D eigenvalue weighted by Crippen LogP contribution is 2.38. The molecule has 1 aromatic rings. The van der Waals surface area contributed by atoms with Crippen LogP contribution in [0.5, 0.6) is 0 Å². The molecule has 0 radical (unpaired) electrons. The van der Waals surface area contributed by atoms with Gasteiger partial charge in [0.1, 0.15) is 0 Å². The van der Waals surface area contributed by atoms with Gasteiger partial charge in [-0.2, -0.15) is 5.10 Å². The average molecular weight is 397 g/mol. The maximum absolute atomic E-state index is 12.3. The third kappa shape index (κ3) is 7.28. The zero-order chi connectivity index (χ0) is 20.3. The first kappa shape index (κ1) is 22.1. The van der Waals surface area contributed by atoms with Crippen molar-refractivity contribution in [3.63, 3.8) is 0 Å². The van der Waals surface area contributed by atoms with Crippen LogP contribution in [0.3, 0.4) is 0 Å². The summed E-state index contributed by atoms with van der Waals surface area (Å²) >= 11 is 0. The molecule has 29 heavy (non-hydrogen) atoms. The van der Waals surface area contributed by atoms with Crippen LogP contribution in [0.4, 0.5) is 0 Å². The molecule has 1 N–H and O–H groups in total. The zero-order valence-corrected chi connectivity index (χ0v) is 18.4. The van der Waals surface area contributed by atoms with Crippen LogP contribution in [0.25, 0.3) is 0 Å². The Hall–Kier alpha value is -1.64. The summed E-state index contributed by atoms with van der Waals surface area (Å²) in [5.41, 5.74) is 4.65. The second-order valence-corrected chi connectivity index (χ2v) is 9.37. The van der Waals surface area contributed by atoms with Crippen LogP contribution >= 0.6 is 0 Å². The van der Waals surface area contributed by atoms with Crippen LogP contribution in [-0.2, 0) is 0 Å². The Balaban J connectivity index is 1.57. The molecular formula is C26H40N2O. The minimum Gasteiger partial charge on any atom is -0.267 e. The van der Waals surface area contributed by atoms with Gasteiger partial charge >= 0.3 is 0 Å². The second-order valence-electron chi connectivity index (χ2n) is 9.37. The van der Waals surface area contributed by atoms with Gasteiger partial charge in [-0.3, -0.25) is 4.79 Å². The summed E-state index contributed by atoms with van der Waals surface area (Å²) in [5.74, 6) is 2.47. The molecule has 0 spiro atoms. The number of nitrogens with one attached hydrogen (secondary N) is 1. The Labute approximate surface area is 177 Å². The fourth-order valence-corrected chi connectivity index (χ4v) is 5.42. The van der Waals surface area contributed by atoms with Crippen molar-refractivity contribution in [1.29, 1.82) is 0 Å². The molecule has 1 unspecified atom stereocenters. The molecule has 2 atom stereocenters. The molecule has 0 aromatic heterocycles. The van der Waals surface area contributed by atoms with E-state index in [2.05, 4.69) is 17.5 Å². The molecule has 1 amide bonds. The summed E-state index contributed by atoms with van der Waals surface area (Å²) in [6.07, 6.45) is 18.7. The minimum absolute atomic E-state index is 0.102. The molecule has 2 fully saturated rings. The monoisotopic (exact) mass is 396 g/mol. The highest BCUT2D eigenvalue weighted by atomic mass is 16.2. The smallest absolute Gasteiger partial charge is 0.267 e. The largest absolute Gasteiger partial charge is 0.271 e. The SMILES string of the molecule is CC1CC/C(=N/NC(=O)c2ccccc2)CCCC[C@@H]1C1CCCCCCCC1.